The molecule has 0 unspecified atom stereocenters. The molecule has 0 heterocycles. The highest BCUT2D eigenvalue weighted by molar-refractivity contribution is 5.34. The summed E-state index contributed by atoms with van der Waals surface area (Å²) in [6.45, 7) is 6.56. The normalized spacial score (nSPS) is 11.2. The number of nitriles is 1. The molecular weight excluding hydrogens is 282 g/mol. The van der Waals surface area contributed by atoms with Crippen molar-refractivity contribution in [2.24, 2.45) is 0 Å². The van der Waals surface area contributed by atoms with E-state index in [0.717, 1.165) is 12.2 Å². The maximum atomic E-state index is 8.82. The van der Waals surface area contributed by atoms with Crippen LogP contribution < -0.4 is 4.74 Å². The van der Waals surface area contributed by atoms with Gasteiger partial charge in [0.1, 0.15) is 11.4 Å². The minimum absolute atomic E-state index is 0.144. The Morgan fingerprint density at radius 2 is 1.39 bits per heavy atom. The van der Waals surface area contributed by atoms with E-state index in [2.05, 4.69) is 26.8 Å². The topological polar surface area (TPSA) is 33.0 Å². The molecule has 1 aromatic carbocycles. The van der Waals surface area contributed by atoms with Gasteiger partial charge in [-0.3, -0.25) is 0 Å². The van der Waals surface area contributed by atoms with Gasteiger partial charge in [-0.25, -0.2) is 0 Å². The average molecular weight is 316 g/mol. The van der Waals surface area contributed by atoms with Crippen molar-refractivity contribution in [3.05, 3.63) is 29.8 Å². The quantitative estimate of drug-likeness (QED) is 0.405. The lowest BCUT2D eigenvalue weighted by Gasteiger charge is -2.26. The average Bonchev–Trinajstić information content (AvgIpc) is 2.53. The van der Waals surface area contributed by atoms with Gasteiger partial charge >= 0.3 is 0 Å². The monoisotopic (exact) mass is 315 g/mol. The molecule has 0 aromatic heterocycles. The highest BCUT2D eigenvalue weighted by Gasteiger charge is 2.19. The Morgan fingerprint density at radius 3 is 1.91 bits per heavy atom. The van der Waals surface area contributed by atoms with Crippen LogP contribution >= 0.6 is 0 Å². The Labute approximate surface area is 142 Å². The fourth-order valence-electron chi connectivity index (χ4n) is 2.83. The number of benzene rings is 1. The summed E-state index contributed by atoms with van der Waals surface area (Å²) in [5.74, 6) is 0.852. The Balaban J connectivity index is 2.13. The number of unbranched alkanes of at least 4 members (excludes halogenated alkanes) is 8. The second-order valence-electron chi connectivity index (χ2n) is 7.08. The van der Waals surface area contributed by atoms with Gasteiger partial charge in [0.05, 0.1) is 11.6 Å². The molecule has 0 aliphatic rings. The predicted octanol–water partition coefficient (Wildman–Crippen LogP) is 6.64. The predicted molar refractivity (Wildman–Crippen MR) is 97.7 cm³/mol. The van der Waals surface area contributed by atoms with Crippen LogP contribution in [0.1, 0.15) is 90.5 Å². The molecule has 2 heteroatoms. The SMILES string of the molecule is CCCCCCCCCCCC(C)(C)Oc1ccc(C#N)cc1. The molecule has 0 aliphatic heterocycles. The van der Waals surface area contributed by atoms with Gasteiger partial charge in [0, 0.05) is 0 Å². The first-order valence-electron chi connectivity index (χ1n) is 9.26. The van der Waals surface area contributed by atoms with Crippen molar-refractivity contribution < 1.29 is 4.74 Å². The van der Waals surface area contributed by atoms with Crippen LogP contribution in [0.25, 0.3) is 0 Å². The molecule has 1 aromatic rings. The lowest BCUT2D eigenvalue weighted by Crippen LogP contribution is -2.27. The fourth-order valence-corrected chi connectivity index (χ4v) is 2.83. The number of hydrogen-bond donors (Lipinski definition) is 0. The summed E-state index contributed by atoms with van der Waals surface area (Å²) >= 11 is 0. The van der Waals surface area contributed by atoms with Crippen molar-refractivity contribution in [3.63, 3.8) is 0 Å². The van der Waals surface area contributed by atoms with Crippen LogP contribution in [0, 0.1) is 11.3 Å². The molecule has 0 radical (unpaired) electrons. The Hall–Kier alpha value is -1.49. The Kier molecular flexibility index (Phi) is 9.45. The summed E-state index contributed by atoms with van der Waals surface area (Å²) in [7, 11) is 0. The largest absolute Gasteiger partial charge is 0.488 e. The first-order chi connectivity index (χ1) is 11.1. The van der Waals surface area contributed by atoms with Gasteiger partial charge < -0.3 is 4.74 Å². The number of hydrogen-bond acceptors (Lipinski definition) is 2. The van der Waals surface area contributed by atoms with Crippen molar-refractivity contribution >= 4 is 0 Å². The minimum atomic E-state index is -0.144. The van der Waals surface area contributed by atoms with Gasteiger partial charge in [0.15, 0.2) is 0 Å². The molecule has 0 N–H and O–H groups in total. The zero-order valence-electron chi connectivity index (χ0n) is 15.2. The lowest BCUT2D eigenvalue weighted by atomic mass is 9.99. The lowest BCUT2D eigenvalue weighted by molar-refractivity contribution is 0.0960. The second kappa shape index (κ2) is 11.1. The molecule has 0 fully saturated rings. The molecule has 0 saturated carbocycles. The molecule has 0 amide bonds. The smallest absolute Gasteiger partial charge is 0.120 e. The molecule has 23 heavy (non-hydrogen) atoms. The van der Waals surface area contributed by atoms with Gasteiger partial charge in [-0.15, -0.1) is 0 Å². The van der Waals surface area contributed by atoms with E-state index in [1.54, 1.807) is 0 Å². The summed E-state index contributed by atoms with van der Waals surface area (Å²) in [4.78, 5) is 0. The third kappa shape index (κ3) is 9.29. The molecule has 1 rings (SSSR count). The van der Waals surface area contributed by atoms with E-state index in [1.165, 1.54) is 57.8 Å². The summed E-state index contributed by atoms with van der Waals surface area (Å²) in [5.41, 5.74) is 0.532. The number of ether oxygens (including phenoxy) is 1. The first kappa shape index (κ1) is 19.6. The zero-order valence-corrected chi connectivity index (χ0v) is 15.2. The standard InChI is InChI=1S/C21H33NO/c1-4-5-6-7-8-9-10-11-12-17-21(2,3)23-20-15-13-19(18-22)14-16-20/h13-16H,4-12,17H2,1-3H3. The molecule has 0 bridgehead atoms. The zero-order chi connectivity index (χ0) is 17.0. The van der Waals surface area contributed by atoms with Gasteiger partial charge in [-0.2, -0.15) is 5.26 Å². The van der Waals surface area contributed by atoms with Crippen molar-refractivity contribution in [2.45, 2.75) is 90.6 Å². The van der Waals surface area contributed by atoms with Crippen molar-refractivity contribution in [3.8, 4) is 11.8 Å². The van der Waals surface area contributed by atoms with E-state index in [-0.39, 0.29) is 5.60 Å². The van der Waals surface area contributed by atoms with Crippen LogP contribution in [0.3, 0.4) is 0 Å². The van der Waals surface area contributed by atoms with Crippen molar-refractivity contribution in [1.82, 2.24) is 0 Å². The highest BCUT2D eigenvalue weighted by Crippen LogP contribution is 2.24. The minimum Gasteiger partial charge on any atom is -0.488 e. The Bertz CT molecular complexity index is 456. The molecular formula is C21H33NO. The van der Waals surface area contributed by atoms with Crippen LogP contribution in [0.5, 0.6) is 5.75 Å². The summed E-state index contributed by atoms with van der Waals surface area (Å²) < 4.78 is 6.06. The second-order valence-corrected chi connectivity index (χ2v) is 7.08. The summed E-state index contributed by atoms with van der Waals surface area (Å²) in [6.07, 6.45) is 13.2. The van der Waals surface area contributed by atoms with Crippen LogP contribution in [0.15, 0.2) is 24.3 Å². The van der Waals surface area contributed by atoms with E-state index in [9.17, 15) is 0 Å². The Morgan fingerprint density at radius 1 is 0.870 bits per heavy atom. The van der Waals surface area contributed by atoms with Gasteiger partial charge in [-0.05, 0) is 51.0 Å². The van der Waals surface area contributed by atoms with Gasteiger partial charge in [0.2, 0.25) is 0 Å². The van der Waals surface area contributed by atoms with E-state index in [0.29, 0.717) is 5.56 Å². The summed E-state index contributed by atoms with van der Waals surface area (Å²) in [5, 5.41) is 8.82. The fraction of sp³-hybridized carbons (Fsp3) is 0.667. The number of rotatable bonds is 12. The van der Waals surface area contributed by atoms with Crippen molar-refractivity contribution in [1.29, 1.82) is 5.26 Å². The third-order valence-corrected chi connectivity index (χ3v) is 4.26. The number of nitrogens with zero attached hydrogens (tertiary/aromatic N) is 1. The van der Waals surface area contributed by atoms with Crippen molar-refractivity contribution in [2.75, 3.05) is 0 Å². The third-order valence-electron chi connectivity index (χ3n) is 4.26. The van der Waals surface area contributed by atoms with Crippen LogP contribution in [-0.4, -0.2) is 5.60 Å². The van der Waals surface area contributed by atoms with E-state index < -0.39 is 0 Å². The van der Waals surface area contributed by atoms with E-state index >= 15 is 0 Å². The van der Waals surface area contributed by atoms with E-state index in [4.69, 9.17) is 10.00 Å². The maximum absolute atomic E-state index is 8.82. The maximum Gasteiger partial charge on any atom is 0.120 e. The van der Waals surface area contributed by atoms with Crippen LogP contribution in [-0.2, 0) is 0 Å². The van der Waals surface area contributed by atoms with Crippen LogP contribution in [0.2, 0.25) is 0 Å². The molecule has 0 aliphatic carbocycles. The molecule has 0 atom stereocenters. The first-order valence-corrected chi connectivity index (χ1v) is 9.26. The molecule has 128 valence electrons. The molecule has 2 nitrogen and oxygen atoms in total. The highest BCUT2D eigenvalue weighted by atomic mass is 16.5. The summed E-state index contributed by atoms with van der Waals surface area (Å²) in [6, 6.07) is 9.52. The van der Waals surface area contributed by atoms with Gasteiger partial charge in [0.25, 0.3) is 0 Å². The van der Waals surface area contributed by atoms with E-state index in [1.807, 2.05) is 24.3 Å². The molecule has 0 saturated heterocycles. The van der Waals surface area contributed by atoms with Gasteiger partial charge in [-0.1, -0.05) is 58.3 Å². The molecule has 0 spiro atoms. The van der Waals surface area contributed by atoms with Crippen LogP contribution in [0.4, 0.5) is 0 Å².